The van der Waals surface area contributed by atoms with E-state index in [1.165, 1.54) is 11.1 Å². The average molecular weight is 443 g/mol. The fraction of sp³-hybridized carbons (Fsp3) is 0.417. The Morgan fingerprint density at radius 2 is 1.74 bits per heavy atom. The molecule has 0 radical (unpaired) electrons. The van der Waals surface area contributed by atoms with Gasteiger partial charge in [0, 0.05) is 25.2 Å². The number of morpholine rings is 1. The van der Waals surface area contributed by atoms with Crippen molar-refractivity contribution in [1.82, 2.24) is 10.2 Å². The van der Waals surface area contributed by atoms with Crippen LogP contribution in [0, 0.1) is 0 Å². The van der Waals surface area contributed by atoms with Gasteiger partial charge in [0.05, 0.1) is 19.8 Å². The largest absolute Gasteiger partial charge is 0.490 e. The van der Waals surface area contributed by atoms with Crippen molar-refractivity contribution in [3.63, 3.8) is 0 Å². The van der Waals surface area contributed by atoms with E-state index in [1.807, 2.05) is 19.1 Å². The molecule has 0 spiro atoms. The lowest BCUT2D eigenvalue weighted by molar-refractivity contribution is -0.137. The van der Waals surface area contributed by atoms with Gasteiger partial charge in [-0.3, -0.25) is 4.79 Å². The summed E-state index contributed by atoms with van der Waals surface area (Å²) in [6, 6.07) is 14.0. The van der Waals surface area contributed by atoms with E-state index in [2.05, 4.69) is 36.5 Å². The van der Waals surface area contributed by atoms with Gasteiger partial charge < -0.3 is 24.4 Å². The minimum absolute atomic E-state index is 0.0319. The first-order valence-electron chi connectivity index (χ1n) is 10.7. The summed E-state index contributed by atoms with van der Waals surface area (Å²) in [7, 11) is 0. The van der Waals surface area contributed by atoms with Crippen LogP contribution in [0.25, 0.3) is 0 Å². The number of nitrogens with zero attached hydrogens (tertiary/aromatic N) is 1. The molecule has 1 heterocycles. The van der Waals surface area contributed by atoms with Crippen molar-refractivity contribution in [3.05, 3.63) is 59.2 Å². The Morgan fingerprint density at radius 1 is 1.03 bits per heavy atom. The fourth-order valence-electron chi connectivity index (χ4n) is 3.26. The number of rotatable bonds is 9. The van der Waals surface area contributed by atoms with Gasteiger partial charge in [-0.2, -0.15) is 0 Å². The lowest BCUT2D eigenvalue weighted by Gasteiger charge is -2.26. The zero-order valence-electron chi connectivity index (χ0n) is 18.2. The Hall–Kier alpha value is -2.64. The van der Waals surface area contributed by atoms with Crippen LogP contribution < -0.4 is 14.8 Å². The second kappa shape index (κ2) is 11.7. The van der Waals surface area contributed by atoms with Crippen LogP contribution in [-0.4, -0.2) is 55.3 Å². The first kappa shape index (κ1) is 23.0. The van der Waals surface area contributed by atoms with Crippen LogP contribution in [0.2, 0.25) is 0 Å². The number of hydrogen-bond donors (Lipinski definition) is 1. The van der Waals surface area contributed by atoms with Gasteiger partial charge in [-0.05, 0) is 42.7 Å². The molecule has 1 fully saturated rings. The van der Waals surface area contributed by atoms with Crippen LogP contribution in [-0.2, 0) is 22.5 Å². The van der Waals surface area contributed by atoms with Crippen LogP contribution in [0.4, 0.5) is 0 Å². The summed E-state index contributed by atoms with van der Waals surface area (Å²) in [4.78, 5) is 14.7. The molecule has 0 aromatic heterocycles. The van der Waals surface area contributed by atoms with Crippen molar-refractivity contribution in [2.75, 3.05) is 39.5 Å². The zero-order valence-corrected chi connectivity index (χ0v) is 19.0. The molecule has 0 atom stereocenters. The monoisotopic (exact) mass is 442 g/mol. The Labute approximate surface area is 189 Å². The van der Waals surface area contributed by atoms with E-state index in [0.29, 0.717) is 55.9 Å². The summed E-state index contributed by atoms with van der Waals surface area (Å²) < 4.78 is 16.8. The number of carbonyl (C=O) groups is 1. The van der Waals surface area contributed by atoms with Crippen LogP contribution in [0.1, 0.15) is 30.5 Å². The van der Waals surface area contributed by atoms with Gasteiger partial charge in [0.15, 0.2) is 18.1 Å². The first-order valence-corrected chi connectivity index (χ1v) is 11.1. The first-order chi connectivity index (χ1) is 15.1. The van der Waals surface area contributed by atoms with Gasteiger partial charge >= 0.3 is 0 Å². The summed E-state index contributed by atoms with van der Waals surface area (Å²) in [6.07, 6.45) is 1.03. The number of hydrogen-bond acceptors (Lipinski definition) is 5. The van der Waals surface area contributed by atoms with Gasteiger partial charge in [0.25, 0.3) is 5.91 Å². The maximum atomic E-state index is 12.3. The second-order valence-corrected chi connectivity index (χ2v) is 7.64. The highest BCUT2D eigenvalue weighted by Crippen LogP contribution is 2.29. The Balaban J connectivity index is 1.60. The summed E-state index contributed by atoms with van der Waals surface area (Å²) in [5.74, 6) is 1.05. The molecular weight excluding hydrogens is 412 g/mol. The molecule has 7 heteroatoms. The molecule has 0 saturated carbocycles. The molecule has 0 bridgehead atoms. The predicted octanol–water partition coefficient (Wildman–Crippen LogP) is 3.35. The SMILES string of the molecule is CCOc1cc(C(=S)NCc2ccc(CC)cc2)ccc1OCC(=O)N1CCOCC1. The maximum Gasteiger partial charge on any atom is 0.260 e. The molecule has 1 aliphatic heterocycles. The van der Waals surface area contributed by atoms with E-state index < -0.39 is 0 Å². The summed E-state index contributed by atoms with van der Waals surface area (Å²) in [6.45, 7) is 7.49. The summed E-state index contributed by atoms with van der Waals surface area (Å²) in [5.41, 5.74) is 3.33. The summed E-state index contributed by atoms with van der Waals surface area (Å²) in [5, 5.41) is 3.30. The topological polar surface area (TPSA) is 60.0 Å². The molecule has 2 aromatic carbocycles. The number of nitrogens with one attached hydrogen (secondary N) is 1. The zero-order chi connectivity index (χ0) is 22.1. The molecule has 31 heavy (non-hydrogen) atoms. The van der Waals surface area contributed by atoms with Gasteiger partial charge in [-0.15, -0.1) is 0 Å². The number of benzene rings is 2. The lowest BCUT2D eigenvalue weighted by atomic mass is 10.1. The van der Waals surface area contributed by atoms with Crippen molar-refractivity contribution >= 4 is 23.1 Å². The smallest absolute Gasteiger partial charge is 0.260 e. The predicted molar refractivity (Wildman–Crippen MR) is 125 cm³/mol. The molecule has 0 unspecified atom stereocenters. The molecule has 1 aliphatic rings. The number of aryl methyl sites for hydroxylation is 1. The molecule has 1 saturated heterocycles. The Kier molecular flexibility index (Phi) is 8.67. The standard InChI is InChI=1S/C24H30N2O4S/c1-3-18-5-7-19(8-6-18)16-25-24(31)20-9-10-21(22(15-20)29-4-2)30-17-23(27)26-11-13-28-14-12-26/h5-10,15H,3-4,11-14,16-17H2,1-2H3,(H,25,31). The molecule has 3 rings (SSSR count). The van der Waals surface area contributed by atoms with Crippen molar-refractivity contribution in [2.45, 2.75) is 26.8 Å². The number of amides is 1. The van der Waals surface area contributed by atoms with Gasteiger partial charge in [0.1, 0.15) is 4.99 Å². The third-order valence-electron chi connectivity index (χ3n) is 5.10. The second-order valence-electron chi connectivity index (χ2n) is 7.23. The molecule has 0 aliphatic carbocycles. The van der Waals surface area contributed by atoms with Crippen LogP contribution in [0.15, 0.2) is 42.5 Å². The van der Waals surface area contributed by atoms with Gasteiger partial charge in [-0.25, -0.2) is 0 Å². The lowest BCUT2D eigenvalue weighted by Crippen LogP contribution is -2.43. The normalized spacial score (nSPS) is 13.5. The molecule has 1 N–H and O–H groups in total. The Bertz CT molecular complexity index is 880. The Morgan fingerprint density at radius 3 is 2.42 bits per heavy atom. The number of thiocarbonyl (C=S) groups is 1. The fourth-order valence-corrected chi connectivity index (χ4v) is 3.46. The van der Waals surface area contributed by atoms with E-state index in [0.717, 1.165) is 12.0 Å². The molecular formula is C24H30N2O4S. The highest BCUT2D eigenvalue weighted by Gasteiger charge is 2.18. The third kappa shape index (κ3) is 6.67. The van der Waals surface area contributed by atoms with E-state index >= 15 is 0 Å². The van der Waals surface area contributed by atoms with E-state index in [1.54, 1.807) is 11.0 Å². The highest BCUT2D eigenvalue weighted by molar-refractivity contribution is 7.80. The summed E-state index contributed by atoms with van der Waals surface area (Å²) >= 11 is 5.57. The minimum Gasteiger partial charge on any atom is -0.490 e. The quantitative estimate of drug-likeness (QED) is 0.601. The average Bonchev–Trinajstić information content (AvgIpc) is 2.82. The van der Waals surface area contributed by atoms with Crippen LogP contribution in [0.3, 0.4) is 0 Å². The molecule has 1 amide bonds. The van der Waals surface area contributed by atoms with Crippen molar-refractivity contribution in [2.24, 2.45) is 0 Å². The molecule has 166 valence electrons. The van der Waals surface area contributed by atoms with Crippen LogP contribution in [0.5, 0.6) is 11.5 Å². The van der Waals surface area contributed by atoms with Crippen molar-refractivity contribution < 1.29 is 19.0 Å². The van der Waals surface area contributed by atoms with Gasteiger partial charge in [-0.1, -0.05) is 43.4 Å². The van der Waals surface area contributed by atoms with Crippen LogP contribution >= 0.6 is 12.2 Å². The highest BCUT2D eigenvalue weighted by atomic mass is 32.1. The van der Waals surface area contributed by atoms with Crippen molar-refractivity contribution in [1.29, 1.82) is 0 Å². The maximum absolute atomic E-state index is 12.3. The van der Waals surface area contributed by atoms with E-state index in [-0.39, 0.29) is 12.5 Å². The van der Waals surface area contributed by atoms with Crippen molar-refractivity contribution in [3.8, 4) is 11.5 Å². The molecule has 2 aromatic rings. The van der Waals surface area contributed by atoms with Gasteiger partial charge in [0.2, 0.25) is 0 Å². The number of ether oxygens (including phenoxy) is 3. The molecule has 6 nitrogen and oxygen atoms in total. The minimum atomic E-state index is -0.0545. The van der Waals surface area contributed by atoms with E-state index in [4.69, 9.17) is 26.4 Å². The third-order valence-corrected chi connectivity index (χ3v) is 5.49. The van der Waals surface area contributed by atoms with E-state index in [9.17, 15) is 4.79 Å². The number of carbonyl (C=O) groups excluding carboxylic acids is 1.